The maximum Gasteiger partial charge on any atom is 0.167 e. The van der Waals surface area contributed by atoms with Crippen LogP contribution in [-0.4, -0.2) is 29.4 Å². The number of allylic oxidation sites excluding steroid dienone is 2. The predicted octanol–water partition coefficient (Wildman–Crippen LogP) is 4.33. The number of aliphatic hydroxyl groups excluding tert-OH is 1. The van der Waals surface area contributed by atoms with Crippen molar-refractivity contribution in [1.82, 2.24) is 0 Å². The van der Waals surface area contributed by atoms with E-state index in [0.29, 0.717) is 11.5 Å². The molecular formula is C22H25NO2S. The number of para-hydroxylation sites is 1. The highest BCUT2D eigenvalue weighted by molar-refractivity contribution is 8.00. The molecule has 0 saturated heterocycles. The molecule has 3 nitrogen and oxygen atoms in total. The third-order valence-electron chi connectivity index (χ3n) is 4.94. The van der Waals surface area contributed by atoms with E-state index < -0.39 is 6.10 Å². The van der Waals surface area contributed by atoms with E-state index in [0.717, 1.165) is 16.9 Å². The Balaban J connectivity index is 1.63. The van der Waals surface area contributed by atoms with E-state index in [9.17, 15) is 9.90 Å². The van der Waals surface area contributed by atoms with Crippen LogP contribution >= 0.6 is 11.8 Å². The first kappa shape index (κ1) is 18.7. The summed E-state index contributed by atoms with van der Waals surface area (Å²) in [6.45, 7) is 4.31. The number of nitrogens with zero attached hydrogens (tertiary/aromatic N) is 1. The van der Waals surface area contributed by atoms with E-state index in [1.165, 1.54) is 17.3 Å². The van der Waals surface area contributed by atoms with Gasteiger partial charge in [-0.25, -0.2) is 0 Å². The highest BCUT2D eigenvalue weighted by atomic mass is 32.2. The Morgan fingerprint density at radius 2 is 1.81 bits per heavy atom. The van der Waals surface area contributed by atoms with Crippen LogP contribution in [0, 0.1) is 0 Å². The second-order valence-corrected chi connectivity index (χ2v) is 8.17. The number of ketones is 1. The minimum Gasteiger partial charge on any atom is -0.388 e. The number of hydrogen-bond acceptors (Lipinski definition) is 4. The van der Waals surface area contributed by atoms with Crippen LogP contribution in [0.1, 0.15) is 31.1 Å². The molecule has 1 aliphatic rings. The van der Waals surface area contributed by atoms with Crippen molar-refractivity contribution >= 4 is 23.2 Å². The minimum absolute atomic E-state index is 0.0815. The van der Waals surface area contributed by atoms with Gasteiger partial charge in [0, 0.05) is 35.7 Å². The van der Waals surface area contributed by atoms with E-state index in [2.05, 4.69) is 30.9 Å². The van der Waals surface area contributed by atoms with Gasteiger partial charge >= 0.3 is 0 Å². The molecule has 0 amide bonds. The maximum atomic E-state index is 12.5. The van der Waals surface area contributed by atoms with Crippen molar-refractivity contribution in [3.8, 4) is 0 Å². The molecule has 1 N–H and O–H groups in total. The molecule has 0 spiro atoms. The fraction of sp³-hybridized carbons (Fsp3) is 0.318. The van der Waals surface area contributed by atoms with Crippen molar-refractivity contribution in [3.63, 3.8) is 0 Å². The molecule has 1 unspecified atom stereocenters. The van der Waals surface area contributed by atoms with E-state index >= 15 is 0 Å². The number of anilines is 1. The number of carbonyl (C=O) groups excluding carboxylic acids is 1. The highest BCUT2D eigenvalue weighted by Gasteiger charge is 2.38. The van der Waals surface area contributed by atoms with Crippen LogP contribution in [0.5, 0.6) is 0 Å². The lowest BCUT2D eigenvalue weighted by Crippen LogP contribution is -2.24. The van der Waals surface area contributed by atoms with E-state index in [1.807, 2.05) is 49.5 Å². The summed E-state index contributed by atoms with van der Waals surface area (Å²) in [6, 6.07) is 17.8. The molecule has 0 fully saturated rings. The molecule has 2 aromatic carbocycles. The van der Waals surface area contributed by atoms with Crippen LogP contribution in [0.25, 0.3) is 0 Å². The number of fused-ring (bicyclic) bond motifs is 1. The van der Waals surface area contributed by atoms with Crippen molar-refractivity contribution in [3.05, 3.63) is 77.5 Å². The number of thioether (sulfide) groups is 1. The van der Waals surface area contributed by atoms with Gasteiger partial charge in [0.1, 0.15) is 0 Å². The number of rotatable bonds is 6. The Kier molecular flexibility index (Phi) is 5.54. The Morgan fingerprint density at radius 3 is 2.50 bits per heavy atom. The first-order valence-corrected chi connectivity index (χ1v) is 9.95. The monoisotopic (exact) mass is 367 g/mol. The Morgan fingerprint density at radius 1 is 1.15 bits per heavy atom. The van der Waals surface area contributed by atoms with Gasteiger partial charge in [-0.3, -0.25) is 4.79 Å². The smallest absolute Gasteiger partial charge is 0.167 e. The van der Waals surface area contributed by atoms with Crippen LogP contribution in [0.15, 0.2) is 66.4 Å². The summed E-state index contributed by atoms with van der Waals surface area (Å²) >= 11 is 1.47. The van der Waals surface area contributed by atoms with Gasteiger partial charge in [-0.1, -0.05) is 62.4 Å². The van der Waals surface area contributed by atoms with E-state index in [1.54, 1.807) is 6.08 Å². The van der Waals surface area contributed by atoms with Gasteiger partial charge in [0.15, 0.2) is 5.78 Å². The van der Waals surface area contributed by atoms with Crippen LogP contribution in [0.3, 0.4) is 0 Å². The minimum atomic E-state index is -0.545. The molecule has 26 heavy (non-hydrogen) atoms. The first-order chi connectivity index (χ1) is 12.4. The van der Waals surface area contributed by atoms with Crippen LogP contribution < -0.4 is 4.90 Å². The summed E-state index contributed by atoms with van der Waals surface area (Å²) in [7, 11) is 2.01. The van der Waals surface area contributed by atoms with Gasteiger partial charge in [-0.05, 0) is 17.2 Å². The van der Waals surface area contributed by atoms with Gasteiger partial charge in [0.2, 0.25) is 0 Å². The molecule has 136 valence electrons. The summed E-state index contributed by atoms with van der Waals surface area (Å²) in [5.41, 5.74) is 4.12. The molecule has 0 bridgehead atoms. The zero-order valence-corrected chi connectivity index (χ0v) is 16.3. The standard InChI is InChI=1S/C22H25NO2S/c1-22(2)18-11-7-8-12-19(18)23(3)21(22)13-17(24)14-26-15-20(25)16-9-5-4-6-10-16/h4-13,20,25H,14-15H2,1-3H3/b21-13-. The number of hydrogen-bond donors (Lipinski definition) is 1. The predicted molar refractivity (Wildman–Crippen MR) is 110 cm³/mol. The normalized spacial score (nSPS) is 18.0. The van der Waals surface area contributed by atoms with E-state index in [-0.39, 0.29) is 11.2 Å². The number of benzene rings is 2. The third-order valence-corrected chi connectivity index (χ3v) is 5.98. The average Bonchev–Trinajstić information content (AvgIpc) is 2.83. The molecule has 4 heteroatoms. The van der Waals surface area contributed by atoms with Crippen LogP contribution in [-0.2, 0) is 10.2 Å². The quantitative estimate of drug-likeness (QED) is 0.772. The fourth-order valence-corrected chi connectivity index (χ4v) is 4.31. The van der Waals surface area contributed by atoms with Gasteiger partial charge in [0.05, 0.1) is 11.9 Å². The second kappa shape index (κ2) is 7.68. The van der Waals surface area contributed by atoms with Crippen molar-refractivity contribution in [2.45, 2.75) is 25.4 Å². The Bertz CT molecular complexity index is 814. The zero-order valence-electron chi connectivity index (χ0n) is 15.5. The summed E-state index contributed by atoms with van der Waals surface area (Å²) in [5.74, 6) is 0.962. The van der Waals surface area contributed by atoms with Crippen molar-refractivity contribution < 1.29 is 9.90 Å². The number of likely N-dealkylation sites (N-methyl/N-ethyl adjacent to an activating group) is 1. The summed E-state index contributed by atoms with van der Waals surface area (Å²) in [4.78, 5) is 14.6. The molecule has 0 aromatic heterocycles. The average molecular weight is 368 g/mol. The van der Waals surface area contributed by atoms with Gasteiger partial charge < -0.3 is 10.0 Å². The van der Waals surface area contributed by atoms with Crippen molar-refractivity contribution in [1.29, 1.82) is 0 Å². The van der Waals surface area contributed by atoms with Crippen LogP contribution in [0.4, 0.5) is 5.69 Å². The Labute approximate surface area is 159 Å². The number of carbonyl (C=O) groups is 1. The van der Waals surface area contributed by atoms with Crippen molar-refractivity contribution in [2.24, 2.45) is 0 Å². The van der Waals surface area contributed by atoms with Crippen molar-refractivity contribution in [2.75, 3.05) is 23.5 Å². The molecule has 0 radical (unpaired) electrons. The summed E-state index contributed by atoms with van der Waals surface area (Å²) in [5, 5.41) is 10.2. The molecule has 1 heterocycles. The lowest BCUT2D eigenvalue weighted by molar-refractivity contribution is -0.112. The molecule has 1 atom stereocenters. The zero-order chi connectivity index (χ0) is 18.7. The highest BCUT2D eigenvalue weighted by Crippen LogP contribution is 2.46. The summed E-state index contributed by atoms with van der Waals surface area (Å²) < 4.78 is 0. The van der Waals surface area contributed by atoms with Gasteiger partial charge in [-0.2, -0.15) is 11.8 Å². The third kappa shape index (κ3) is 3.71. The van der Waals surface area contributed by atoms with Crippen LogP contribution in [0.2, 0.25) is 0 Å². The van der Waals surface area contributed by atoms with Gasteiger partial charge in [-0.15, -0.1) is 0 Å². The summed E-state index contributed by atoms with van der Waals surface area (Å²) in [6.07, 6.45) is 1.22. The van der Waals surface area contributed by atoms with E-state index in [4.69, 9.17) is 0 Å². The first-order valence-electron chi connectivity index (χ1n) is 8.80. The molecule has 3 rings (SSSR count). The SMILES string of the molecule is CN1/C(=C\C(=O)CSCC(O)c2ccccc2)C(C)(C)c2ccccc21. The maximum absolute atomic E-state index is 12.5. The molecule has 0 saturated carbocycles. The fourth-order valence-electron chi connectivity index (χ4n) is 3.50. The second-order valence-electron chi connectivity index (χ2n) is 7.14. The largest absolute Gasteiger partial charge is 0.388 e. The molecular weight excluding hydrogens is 342 g/mol. The lowest BCUT2D eigenvalue weighted by atomic mass is 9.83. The molecule has 2 aromatic rings. The topological polar surface area (TPSA) is 40.5 Å². The van der Waals surface area contributed by atoms with Gasteiger partial charge in [0.25, 0.3) is 0 Å². The molecule has 1 aliphatic heterocycles. The molecule has 0 aliphatic carbocycles. The number of aliphatic hydroxyl groups is 1. The Hall–Kier alpha value is -2.04. The lowest BCUT2D eigenvalue weighted by Gasteiger charge is -2.24.